The minimum Gasteiger partial charge on any atom is -0.207 e. The van der Waals surface area contributed by atoms with Crippen LogP contribution in [0.3, 0.4) is 0 Å². The van der Waals surface area contributed by atoms with Crippen LogP contribution in [-0.4, -0.2) is 0 Å². The van der Waals surface area contributed by atoms with E-state index in [0.29, 0.717) is 16.7 Å². The van der Waals surface area contributed by atoms with E-state index in [-0.39, 0.29) is 11.6 Å². The zero-order valence-corrected chi connectivity index (χ0v) is 10.8. The van der Waals surface area contributed by atoms with Gasteiger partial charge in [0.2, 0.25) is 0 Å². The SMILES string of the molecule is CCc1cc(-c2ccc(C)c(F)c2)cc(F)c1C. The molecule has 0 aliphatic carbocycles. The second kappa shape index (κ2) is 4.89. The zero-order valence-electron chi connectivity index (χ0n) is 10.8. The van der Waals surface area contributed by atoms with Gasteiger partial charge in [-0.05, 0) is 60.2 Å². The molecule has 0 aromatic heterocycles. The summed E-state index contributed by atoms with van der Waals surface area (Å²) in [5, 5.41) is 0. The van der Waals surface area contributed by atoms with Gasteiger partial charge in [-0.2, -0.15) is 0 Å². The van der Waals surface area contributed by atoms with Gasteiger partial charge in [-0.1, -0.05) is 25.1 Å². The predicted octanol–water partition coefficient (Wildman–Crippen LogP) is 4.81. The van der Waals surface area contributed by atoms with E-state index in [9.17, 15) is 8.78 Å². The zero-order chi connectivity index (χ0) is 13.3. The van der Waals surface area contributed by atoms with Gasteiger partial charge >= 0.3 is 0 Å². The van der Waals surface area contributed by atoms with Gasteiger partial charge in [-0.15, -0.1) is 0 Å². The average molecular weight is 246 g/mol. The quantitative estimate of drug-likeness (QED) is 0.713. The molecule has 0 aliphatic heterocycles. The fraction of sp³-hybridized carbons (Fsp3) is 0.250. The maximum Gasteiger partial charge on any atom is 0.127 e. The fourth-order valence-corrected chi connectivity index (χ4v) is 2.04. The second-order valence-corrected chi connectivity index (χ2v) is 4.56. The Bertz CT molecular complexity index is 586. The van der Waals surface area contributed by atoms with Crippen molar-refractivity contribution in [2.45, 2.75) is 27.2 Å². The summed E-state index contributed by atoms with van der Waals surface area (Å²) in [6.45, 7) is 5.47. The highest BCUT2D eigenvalue weighted by Crippen LogP contribution is 2.26. The molecule has 2 aromatic rings. The number of hydrogen-bond donors (Lipinski definition) is 0. The maximum atomic E-state index is 13.8. The third kappa shape index (κ3) is 2.28. The van der Waals surface area contributed by atoms with Crippen molar-refractivity contribution in [3.8, 4) is 11.1 Å². The van der Waals surface area contributed by atoms with Crippen LogP contribution < -0.4 is 0 Å². The topological polar surface area (TPSA) is 0 Å². The van der Waals surface area contributed by atoms with Crippen molar-refractivity contribution in [1.82, 2.24) is 0 Å². The summed E-state index contributed by atoms with van der Waals surface area (Å²) in [5.74, 6) is -0.489. The monoisotopic (exact) mass is 246 g/mol. The van der Waals surface area contributed by atoms with Gasteiger partial charge in [-0.3, -0.25) is 0 Å². The first-order chi connectivity index (χ1) is 8.52. The van der Waals surface area contributed by atoms with E-state index in [2.05, 4.69) is 0 Å². The summed E-state index contributed by atoms with van der Waals surface area (Å²) in [6.07, 6.45) is 0.769. The smallest absolute Gasteiger partial charge is 0.127 e. The van der Waals surface area contributed by atoms with E-state index in [1.807, 2.05) is 19.1 Å². The van der Waals surface area contributed by atoms with E-state index in [1.165, 1.54) is 12.1 Å². The van der Waals surface area contributed by atoms with Gasteiger partial charge in [0.1, 0.15) is 11.6 Å². The van der Waals surface area contributed by atoms with Crippen LogP contribution in [0.2, 0.25) is 0 Å². The Hall–Kier alpha value is -1.70. The lowest BCUT2D eigenvalue weighted by atomic mass is 9.97. The molecule has 94 valence electrons. The van der Waals surface area contributed by atoms with E-state index in [0.717, 1.165) is 17.5 Å². The summed E-state index contributed by atoms with van der Waals surface area (Å²) in [4.78, 5) is 0. The van der Waals surface area contributed by atoms with Crippen LogP contribution in [-0.2, 0) is 6.42 Å². The number of halogens is 2. The van der Waals surface area contributed by atoms with Crippen molar-refractivity contribution in [1.29, 1.82) is 0 Å². The van der Waals surface area contributed by atoms with Crippen molar-refractivity contribution in [2.75, 3.05) is 0 Å². The molecule has 0 spiro atoms. The first kappa shape index (κ1) is 12.7. The Morgan fingerprint density at radius 3 is 2.17 bits per heavy atom. The maximum absolute atomic E-state index is 13.8. The van der Waals surface area contributed by atoms with Gasteiger partial charge in [-0.25, -0.2) is 8.78 Å². The van der Waals surface area contributed by atoms with Gasteiger partial charge in [0.25, 0.3) is 0 Å². The molecule has 0 saturated heterocycles. The molecule has 0 saturated carbocycles. The first-order valence-electron chi connectivity index (χ1n) is 6.08. The van der Waals surface area contributed by atoms with Crippen molar-refractivity contribution in [3.63, 3.8) is 0 Å². The van der Waals surface area contributed by atoms with Gasteiger partial charge in [0.15, 0.2) is 0 Å². The molecule has 0 nitrogen and oxygen atoms in total. The highest BCUT2D eigenvalue weighted by molar-refractivity contribution is 5.65. The molecule has 0 bridgehead atoms. The first-order valence-corrected chi connectivity index (χ1v) is 6.08. The Labute approximate surface area is 106 Å². The Balaban J connectivity index is 2.57. The van der Waals surface area contributed by atoms with Crippen LogP contribution in [0.1, 0.15) is 23.6 Å². The normalized spacial score (nSPS) is 10.7. The number of benzene rings is 2. The van der Waals surface area contributed by atoms with Crippen LogP contribution in [0.5, 0.6) is 0 Å². The molecule has 0 amide bonds. The predicted molar refractivity (Wildman–Crippen MR) is 70.6 cm³/mol. The molecule has 0 atom stereocenters. The van der Waals surface area contributed by atoms with Crippen LogP contribution in [0.25, 0.3) is 11.1 Å². The summed E-state index contributed by atoms with van der Waals surface area (Å²) < 4.78 is 27.3. The highest BCUT2D eigenvalue weighted by Gasteiger charge is 2.08. The van der Waals surface area contributed by atoms with Crippen LogP contribution in [0, 0.1) is 25.5 Å². The number of aryl methyl sites for hydroxylation is 2. The molecule has 2 aromatic carbocycles. The van der Waals surface area contributed by atoms with Gasteiger partial charge < -0.3 is 0 Å². The molecule has 0 aliphatic rings. The third-order valence-corrected chi connectivity index (χ3v) is 3.34. The minimum atomic E-state index is -0.258. The minimum absolute atomic E-state index is 0.231. The fourth-order valence-electron chi connectivity index (χ4n) is 2.04. The summed E-state index contributed by atoms with van der Waals surface area (Å²) in [6, 6.07) is 8.40. The lowest BCUT2D eigenvalue weighted by molar-refractivity contribution is 0.615. The van der Waals surface area contributed by atoms with Crippen molar-refractivity contribution < 1.29 is 8.78 Å². The molecule has 0 N–H and O–H groups in total. The molecule has 18 heavy (non-hydrogen) atoms. The Morgan fingerprint density at radius 1 is 0.889 bits per heavy atom. The molecule has 0 fully saturated rings. The van der Waals surface area contributed by atoms with Crippen LogP contribution in [0.15, 0.2) is 30.3 Å². The summed E-state index contributed by atoms with van der Waals surface area (Å²) in [7, 11) is 0. The van der Waals surface area contributed by atoms with Crippen LogP contribution >= 0.6 is 0 Å². The van der Waals surface area contributed by atoms with E-state index < -0.39 is 0 Å². The molecule has 0 heterocycles. The lowest BCUT2D eigenvalue weighted by Gasteiger charge is -2.09. The van der Waals surface area contributed by atoms with Gasteiger partial charge in [0, 0.05) is 0 Å². The third-order valence-electron chi connectivity index (χ3n) is 3.34. The summed E-state index contributed by atoms with van der Waals surface area (Å²) in [5.41, 5.74) is 3.68. The molecule has 0 unspecified atom stereocenters. The molecule has 2 rings (SSSR count). The Morgan fingerprint density at radius 2 is 1.56 bits per heavy atom. The molecule has 0 radical (unpaired) electrons. The van der Waals surface area contributed by atoms with E-state index in [4.69, 9.17) is 0 Å². The second-order valence-electron chi connectivity index (χ2n) is 4.56. The largest absolute Gasteiger partial charge is 0.207 e. The number of rotatable bonds is 2. The van der Waals surface area contributed by atoms with Crippen molar-refractivity contribution in [2.24, 2.45) is 0 Å². The van der Waals surface area contributed by atoms with Crippen LogP contribution in [0.4, 0.5) is 8.78 Å². The van der Waals surface area contributed by atoms with Crippen molar-refractivity contribution in [3.05, 3.63) is 58.7 Å². The number of hydrogen-bond acceptors (Lipinski definition) is 0. The van der Waals surface area contributed by atoms with E-state index in [1.54, 1.807) is 19.9 Å². The lowest BCUT2D eigenvalue weighted by Crippen LogP contribution is -1.94. The van der Waals surface area contributed by atoms with Gasteiger partial charge in [0.05, 0.1) is 0 Å². The molecule has 2 heteroatoms. The summed E-state index contributed by atoms with van der Waals surface area (Å²) >= 11 is 0. The highest BCUT2D eigenvalue weighted by atomic mass is 19.1. The van der Waals surface area contributed by atoms with Crippen molar-refractivity contribution >= 4 is 0 Å². The average Bonchev–Trinajstić information content (AvgIpc) is 2.36. The standard InChI is InChI=1S/C16H16F2/c1-4-12-7-14(9-16(18)11(12)3)13-6-5-10(2)15(17)8-13/h5-9H,4H2,1-3H3. The molecular formula is C16H16F2. The van der Waals surface area contributed by atoms with E-state index >= 15 is 0 Å². The molecular weight excluding hydrogens is 230 g/mol. The Kier molecular flexibility index (Phi) is 3.46.